The minimum atomic E-state index is -4.49. The van der Waals surface area contributed by atoms with Crippen LogP contribution in [0.2, 0.25) is 5.15 Å². The van der Waals surface area contributed by atoms with Crippen LogP contribution in [0.4, 0.5) is 8.78 Å². The van der Waals surface area contributed by atoms with Gasteiger partial charge in [0.05, 0.1) is 5.56 Å². The van der Waals surface area contributed by atoms with E-state index in [9.17, 15) is 17.2 Å². The fraction of sp³-hybridized carbons (Fsp3) is 0.143. The highest BCUT2D eigenvalue weighted by atomic mass is 35.7. The van der Waals surface area contributed by atoms with E-state index in [4.69, 9.17) is 27.5 Å². The topological polar surface area (TPSA) is 70.8 Å². The third-order valence-electron chi connectivity index (χ3n) is 1.54. The van der Waals surface area contributed by atoms with Gasteiger partial charge < -0.3 is 0 Å². The average molecular weight is 287 g/mol. The fourth-order valence-corrected chi connectivity index (χ4v) is 2.45. The number of hydrogen-bond donors (Lipinski definition) is 0. The normalized spacial score (nSPS) is 11.5. The molecular formula is C7H2Cl2F2N2O2S. The zero-order chi connectivity index (χ0) is 12.5. The van der Waals surface area contributed by atoms with E-state index in [1.165, 1.54) is 6.07 Å². The number of alkyl halides is 2. The predicted molar refractivity (Wildman–Crippen MR) is 52.0 cm³/mol. The Bertz CT molecular complexity index is 568. The molecule has 0 radical (unpaired) electrons. The molecule has 0 spiro atoms. The molecular weight excluding hydrogens is 285 g/mol. The SMILES string of the molecule is N#Cc1cc(Cl)nc(C(F)F)c1S(=O)(=O)Cl. The van der Waals surface area contributed by atoms with Crippen LogP contribution in [-0.2, 0) is 9.05 Å². The monoisotopic (exact) mass is 286 g/mol. The molecule has 16 heavy (non-hydrogen) atoms. The minimum absolute atomic E-state index is 0.407. The van der Waals surface area contributed by atoms with Gasteiger partial charge in [-0.25, -0.2) is 22.2 Å². The highest BCUT2D eigenvalue weighted by Gasteiger charge is 2.28. The summed E-state index contributed by atoms with van der Waals surface area (Å²) < 4.78 is 47.1. The zero-order valence-corrected chi connectivity index (χ0v) is 9.61. The molecule has 0 N–H and O–H groups in total. The number of hydrogen-bond acceptors (Lipinski definition) is 4. The van der Waals surface area contributed by atoms with Crippen molar-refractivity contribution >= 4 is 31.3 Å². The Kier molecular flexibility index (Phi) is 3.68. The highest BCUT2D eigenvalue weighted by Crippen LogP contribution is 2.31. The fourth-order valence-electron chi connectivity index (χ4n) is 1.01. The molecule has 0 atom stereocenters. The van der Waals surface area contributed by atoms with E-state index in [2.05, 4.69) is 4.98 Å². The Labute approximate surface area is 98.8 Å². The van der Waals surface area contributed by atoms with Crippen LogP contribution in [0, 0.1) is 11.3 Å². The molecule has 0 amide bonds. The number of pyridine rings is 1. The van der Waals surface area contributed by atoms with E-state index in [0.29, 0.717) is 0 Å². The van der Waals surface area contributed by atoms with Crippen LogP contribution in [0.5, 0.6) is 0 Å². The summed E-state index contributed by atoms with van der Waals surface area (Å²) in [6, 6.07) is 2.27. The third kappa shape index (κ3) is 2.58. The van der Waals surface area contributed by atoms with Gasteiger partial charge in [0.15, 0.2) is 0 Å². The summed E-state index contributed by atoms with van der Waals surface area (Å²) in [6.07, 6.45) is -3.20. The molecule has 0 aliphatic heterocycles. The van der Waals surface area contributed by atoms with E-state index in [0.717, 1.165) is 6.07 Å². The van der Waals surface area contributed by atoms with E-state index in [-0.39, 0.29) is 0 Å². The van der Waals surface area contributed by atoms with Crippen LogP contribution < -0.4 is 0 Å². The van der Waals surface area contributed by atoms with Gasteiger partial charge in [0.2, 0.25) is 0 Å². The van der Waals surface area contributed by atoms with Gasteiger partial charge in [-0.2, -0.15) is 5.26 Å². The summed E-state index contributed by atoms with van der Waals surface area (Å²) in [5, 5.41) is 8.20. The number of aromatic nitrogens is 1. The molecule has 1 rings (SSSR count). The number of halogens is 4. The van der Waals surface area contributed by atoms with Crippen molar-refractivity contribution < 1.29 is 17.2 Å². The second-order valence-electron chi connectivity index (χ2n) is 2.56. The summed E-state index contributed by atoms with van der Waals surface area (Å²) in [4.78, 5) is 2.14. The molecule has 0 aromatic carbocycles. The van der Waals surface area contributed by atoms with Crippen LogP contribution in [-0.4, -0.2) is 13.4 Å². The maximum atomic E-state index is 12.5. The number of rotatable bonds is 2. The van der Waals surface area contributed by atoms with Crippen molar-refractivity contribution in [1.29, 1.82) is 5.26 Å². The zero-order valence-electron chi connectivity index (χ0n) is 7.29. The summed E-state index contributed by atoms with van der Waals surface area (Å²) in [7, 11) is 0.459. The first kappa shape index (κ1) is 13.1. The van der Waals surface area contributed by atoms with Crippen molar-refractivity contribution in [3.05, 3.63) is 22.5 Å². The van der Waals surface area contributed by atoms with Gasteiger partial charge in [0.25, 0.3) is 15.5 Å². The lowest BCUT2D eigenvalue weighted by atomic mass is 10.2. The molecule has 1 aromatic heterocycles. The molecule has 0 unspecified atom stereocenters. The van der Waals surface area contributed by atoms with Crippen molar-refractivity contribution in [2.75, 3.05) is 0 Å². The van der Waals surface area contributed by atoms with E-state index in [1.807, 2.05) is 0 Å². The van der Waals surface area contributed by atoms with Crippen molar-refractivity contribution in [3.8, 4) is 6.07 Å². The summed E-state index contributed by atoms with van der Waals surface area (Å²) in [6.45, 7) is 0. The summed E-state index contributed by atoms with van der Waals surface area (Å²) in [5.74, 6) is 0. The predicted octanol–water partition coefficient (Wildman–Crippen LogP) is 2.47. The Morgan fingerprint density at radius 3 is 2.44 bits per heavy atom. The number of nitrogens with zero attached hydrogens (tertiary/aromatic N) is 2. The van der Waals surface area contributed by atoms with E-state index < -0.39 is 36.8 Å². The van der Waals surface area contributed by atoms with Crippen molar-refractivity contribution in [1.82, 2.24) is 4.98 Å². The number of nitriles is 1. The van der Waals surface area contributed by atoms with Gasteiger partial charge >= 0.3 is 0 Å². The van der Waals surface area contributed by atoms with Crippen LogP contribution >= 0.6 is 22.3 Å². The Morgan fingerprint density at radius 1 is 1.50 bits per heavy atom. The lowest BCUT2D eigenvalue weighted by Crippen LogP contribution is -2.05. The molecule has 0 fully saturated rings. The maximum Gasteiger partial charge on any atom is 0.281 e. The molecule has 0 aliphatic rings. The van der Waals surface area contributed by atoms with Gasteiger partial charge in [0.1, 0.15) is 21.8 Å². The van der Waals surface area contributed by atoms with Gasteiger partial charge in [-0.3, -0.25) is 0 Å². The summed E-state index contributed by atoms with van der Waals surface area (Å²) >= 11 is 5.36. The van der Waals surface area contributed by atoms with Crippen molar-refractivity contribution in [2.24, 2.45) is 0 Å². The van der Waals surface area contributed by atoms with Crippen LogP contribution in [0.3, 0.4) is 0 Å². The summed E-state index contributed by atoms with van der Waals surface area (Å²) in [5.41, 5.74) is -1.69. The van der Waals surface area contributed by atoms with Crippen LogP contribution in [0.25, 0.3) is 0 Å². The lowest BCUT2D eigenvalue weighted by Gasteiger charge is -2.07. The van der Waals surface area contributed by atoms with Gasteiger partial charge in [-0.05, 0) is 6.07 Å². The first-order valence-electron chi connectivity index (χ1n) is 3.60. The Morgan fingerprint density at radius 2 is 2.06 bits per heavy atom. The van der Waals surface area contributed by atoms with Gasteiger partial charge in [-0.15, -0.1) is 0 Å². The Hall–Kier alpha value is -0.970. The van der Waals surface area contributed by atoms with Gasteiger partial charge in [-0.1, -0.05) is 11.6 Å². The molecule has 1 aromatic rings. The second kappa shape index (κ2) is 4.49. The molecule has 0 bridgehead atoms. The van der Waals surface area contributed by atoms with E-state index >= 15 is 0 Å². The lowest BCUT2D eigenvalue weighted by molar-refractivity contribution is 0.142. The van der Waals surface area contributed by atoms with Crippen molar-refractivity contribution in [3.63, 3.8) is 0 Å². The van der Waals surface area contributed by atoms with Crippen LogP contribution in [0.1, 0.15) is 17.7 Å². The molecule has 9 heteroatoms. The third-order valence-corrected chi connectivity index (χ3v) is 3.11. The molecule has 1 heterocycles. The molecule has 4 nitrogen and oxygen atoms in total. The average Bonchev–Trinajstić information content (AvgIpc) is 2.14. The smallest absolute Gasteiger partial charge is 0.234 e. The minimum Gasteiger partial charge on any atom is -0.234 e. The van der Waals surface area contributed by atoms with Crippen LogP contribution in [0.15, 0.2) is 11.0 Å². The van der Waals surface area contributed by atoms with E-state index in [1.54, 1.807) is 0 Å². The largest absolute Gasteiger partial charge is 0.281 e. The first-order valence-corrected chi connectivity index (χ1v) is 6.29. The van der Waals surface area contributed by atoms with Crippen molar-refractivity contribution in [2.45, 2.75) is 11.3 Å². The molecule has 0 saturated carbocycles. The first-order chi connectivity index (χ1) is 7.27. The standard InChI is InChI=1S/C7H2Cl2F2N2O2S/c8-4-1-3(2-12)6(16(9,14)15)5(13-4)7(10)11/h1,7H. The highest BCUT2D eigenvalue weighted by molar-refractivity contribution is 8.13. The molecule has 0 aliphatic carbocycles. The maximum absolute atomic E-state index is 12.5. The Balaban J connectivity index is 3.74. The van der Waals surface area contributed by atoms with Gasteiger partial charge in [0, 0.05) is 10.7 Å². The molecule has 0 saturated heterocycles. The second-order valence-corrected chi connectivity index (χ2v) is 5.45. The quantitative estimate of drug-likeness (QED) is 0.618. The molecule has 86 valence electrons.